The van der Waals surface area contributed by atoms with Gasteiger partial charge in [-0.15, -0.1) is 24.0 Å². The van der Waals surface area contributed by atoms with E-state index in [0.717, 1.165) is 11.1 Å². The maximum absolute atomic E-state index is 14.5. The van der Waals surface area contributed by atoms with Crippen LogP contribution in [0, 0.1) is 11.6 Å². The molecule has 0 aliphatic carbocycles. The number of aliphatic imine (C=N–C) groups is 1. The number of halogens is 3. The van der Waals surface area contributed by atoms with E-state index in [2.05, 4.69) is 15.6 Å². The normalized spacial score (nSPS) is 14.3. The first-order chi connectivity index (χ1) is 13.7. The molecule has 1 saturated heterocycles. The summed E-state index contributed by atoms with van der Waals surface area (Å²) in [7, 11) is 0. The molecule has 1 heterocycles. The van der Waals surface area contributed by atoms with Crippen LogP contribution in [0.1, 0.15) is 18.1 Å². The van der Waals surface area contributed by atoms with Gasteiger partial charge in [0.15, 0.2) is 5.96 Å². The summed E-state index contributed by atoms with van der Waals surface area (Å²) in [5.41, 5.74) is 2.36. The molecular formula is C21H27F2IN4O. The minimum Gasteiger partial charge on any atom is -0.378 e. The first-order valence-corrected chi connectivity index (χ1v) is 9.53. The molecule has 0 bridgehead atoms. The number of rotatable bonds is 6. The van der Waals surface area contributed by atoms with Crippen molar-refractivity contribution >= 4 is 35.6 Å². The molecule has 3 rings (SSSR count). The summed E-state index contributed by atoms with van der Waals surface area (Å²) in [5.74, 6) is 0.134. The first kappa shape index (κ1) is 23.3. The fourth-order valence-electron chi connectivity index (χ4n) is 3.01. The zero-order valence-corrected chi connectivity index (χ0v) is 18.8. The molecule has 29 heavy (non-hydrogen) atoms. The Labute approximate surface area is 187 Å². The van der Waals surface area contributed by atoms with Crippen molar-refractivity contribution in [3.63, 3.8) is 0 Å². The number of anilines is 1. The van der Waals surface area contributed by atoms with Crippen molar-refractivity contribution in [3.8, 4) is 0 Å². The lowest BCUT2D eigenvalue weighted by molar-refractivity contribution is 0.122. The fraction of sp³-hybridized carbons (Fsp3) is 0.381. The van der Waals surface area contributed by atoms with Crippen LogP contribution in [0.3, 0.4) is 0 Å². The van der Waals surface area contributed by atoms with Crippen LogP contribution in [0.4, 0.5) is 14.5 Å². The van der Waals surface area contributed by atoms with Crippen LogP contribution in [0.15, 0.2) is 47.5 Å². The van der Waals surface area contributed by atoms with Crippen LogP contribution in [0.25, 0.3) is 0 Å². The molecule has 0 aromatic heterocycles. The number of morpholine rings is 1. The van der Waals surface area contributed by atoms with Crippen LogP contribution in [0.2, 0.25) is 0 Å². The summed E-state index contributed by atoms with van der Waals surface area (Å²) in [6.45, 7) is 6.22. The van der Waals surface area contributed by atoms with Crippen molar-refractivity contribution < 1.29 is 13.5 Å². The van der Waals surface area contributed by atoms with E-state index >= 15 is 0 Å². The van der Waals surface area contributed by atoms with Gasteiger partial charge in [-0.05, 0) is 42.3 Å². The second kappa shape index (κ2) is 11.9. The third kappa shape index (κ3) is 7.11. The van der Waals surface area contributed by atoms with Gasteiger partial charge in [0.2, 0.25) is 0 Å². The number of nitrogens with one attached hydrogen (secondary N) is 2. The zero-order chi connectivity index (χ0) is 19.8. The van der Waals surface area contributed by atoms with Crippen molar-refractivity contribution in [2.24, 2.45) is 4.99 Å². The van der Waals surface area contributed by atoms with Crippen molar-refractivity contribution in [2.45, 2.75) is 20.0 Å². The van der Waals surface area contributed by atoms with Crippen molar-refractivity contribution in [3.05, 3.63) is 65.2 Å². The highest BCUT2D eigenvalue weighted by Gasteiger charge is 2.15. The first-order valence-electron chi connectivity index (χ1n) is 9.53. The third-order valence-corrected chi connectivity index (χ3v) is 4.50. The van der Waals surface area contributed by atoms with Crippen LogP contribution in [-0.2, 0) is 17.8 Å². The molecule has 1 aliphatic rings. The number of ether oxygens (including phenoxy) is 1. The predicted octanol–water partition coefficient (Wildman–Crippen LogP) is 3.67. The lowest BCUT2D eigenvalue weighted by Crippen LogP contribution is -2.37. The van der Waals surface area contributed by atoms with E-state index in [-0.39, 0.29) is 35.6 Å². The standard InChI is InChI=1S/C21H26F2N4O.HI/c1-2-24-21(25-14-16-3-6-18(22)7-4-16)26-15-17-5-8-20(19(23)13-17)27-9-11-28-12-10-27;/h3-8,13H,2,9-12,14-15H2,1H3,(H2,24,25,26);1H. The van der Waals surface area contributed by atoms with E-state index in [1.807, 2.05) is 24.0 Å². The van der Waals surface area contributed by atoms with Gasteiger partial charge in [0, 0.05) is 26.2 Å². The highest BCUT2D eigenvalue weighted by molar-refractivity contribution is 14.0. The van der Waals surface area contributed by atoms with Gasteiger partial charge < -0.3 is 20.3 Å². The molecule has 1 fully saturated rings. The third-order valence-electron chi connectivity index (χ3n) is 4.50. The molecule has 0 amide bonds. The van der Waals surface area contributed by atoms with Crippen LogP contribution in [-0.4, -0.2) is 38.8 Å². The highest BCUT2D eigenvalue weighted by atomic mass is 127. The number of benzene rings is 2. The fourth-order valence-corrected chi connectivity index (χ4v) is 3.01. The summed E-state index contributed by atoms with van der Waals surface area (Å²) < 4.78 is 32.8. The van der Waals surface area contributed by atoms with Gasteiger partial charge in [0.05, 0.1) is 25.4 Å². The van der Waals surface area contributed by atoms with Crippen LogP contribution < -0.4 is 15.5 Å². The van der Waals surface area contributed by atoms with E-state index in [1.54, 1.807) is 12.1 Å². The quantitative estimate of drug-likeness (QED) is 0.350. The van der Waals surface area contributed by atoms with Gasteiger partial charge in [0.25, 0.3) is 0 Å². The molecule has 2 N–H and O–H groups in total. The summed E-state index contributed by atoms with van der Waals surface area (Å²) >= 11 is 0. The van der Waals surface area contributed by atoms with E-state index < -0.39 is 0 Å². The Morgan fingerprint density at radius 1 is 1.03 bits per heavy atom. The Balaban J connectivity index is 0.00000300. The average Bonchev–Trinajstić information content (AvgIpc) is 2.72. The van der Waals surface area contributed by atoms with Crippen molar-refractivity contribution in [1.29, 1.82) is 0 Å². The monoisotopic (exact) mass is 516 g/mol. The largest absolute Gasteiger partial charge is 0.378 e. The molecule has 5 nitrogen and oxygen atoms in total. The number of hydrogen-bond acceptors (Lipinski definition) is 3. The maximum atomic E-state index is 14.5. The molecule has 158 valence electrons. The second-order valence-electron chi connectivity index (χ2n) is 6.56. The van der Waals surface area contributed by atoms with Gasteiger partial charge in [-0.2, -0.15) is 0 Å². The Bertz CT molecular complexity index is 796. The van der Waals surface area contributed by atoms with Gasteiger partial charge in [0.1, 0.15) is 11.6 Å². The highest BCUT2D eigenvalue weighted by Crippen LogP contribution is 2.22. The number of guanidine groups is 1. The molecular weight excluding hydrogens is 489 g/mol. The number of hydrogen-bond donors (Lipinski definition) is 2. The Morgan fingerprint density at radius 2 is 1.72 bits per heavy atom. The van der Waals surface area contributed by atoms with Gasteiger partial charge in [-0.3, -0.25) is 0 Å². The molecule has 2 aromatic rings. The van der Waals surface area contributed by atoms with E-state index in [9.17, 15) is 8.78 Å². The number of nitrogens with zero attached hydrogens (tertiary/aromatic N) is 2. The summed E-state index contributed by atoms with van der Waals surface area (Å²) in [4.78, 5) is 6.52. The molecule has 1 aliphatic heterocycles. The average molecular weight is 516 g/mol. The van der Waals surface area contributed by atoms with Gasteiger partial charge >= 0.3 is 0 Å². The van der Waals surface area contributed by atoms with Crippen LogP contribution in [0.5, 0.6) is 0 Å². The lowest BCUT2D eigenvalue weighted by Gasteiger charge is -2.29. The minimum absolute atomic E-state index is 0. The summed E-state index contributed by atoms with van der Waals surface area (Å²) in [5, 5.41) is 6.37. The SMILES string of the molecule is CCNC(=NCc1ccc(N2CCOCC2)c(F)c1)NCc1ccc(F)cc1.I. The molecule has 8 heteroatoms. The van der Waals surface area contributed by atoms with E-state index in [1.165, 1.54) is 18.2 Å². The Kier molecular flexibility index (Phi) is 9.59. The molecule has 0 atom stereocenters. The topological polar surface area (TPSA) is 48.9 Å². The Morgan fingerprint density at radius 3 is 2.38 bits per heavy atom. The molecule has 2 aromatic carbocycles. The smallest absolute Gasteiger partial charge is 0.191 e. The zero-order valence-electron chi connectivity index (χ0n) is 16.5. The summed E-state index contributed by atoms with van der Waals surface area (Å²) in [6.07, 6.45) is 0. The van der Waals surface area contributed by atoms with Gasteiger partial charge in [-0.1, -0.05) is 18.2 Å². The molecule has 0 radical (unpaired) electrons. The minimum atomic E-state index is -0.258. The van der Waals surface area contributed by atoms with Crippen molar-refractivity contribution in [1.82, 2.24) is 10.6 Å². The van der Waals surface area contributed by atoms with E-state index in [0.29, 0.717) is 57.6 Å². The molecule has 0 unspecified atom stereocenters. The van der Waals surface area contributed by atoms with E-state index in [4.69, 9.17) is 4.74 Å². The molecule has 0 saturated carbocycles. The maximum Gasteiger partial charge on any atom is 0.191 e. The Hall–Kier alpha value is -1.94. The van der Waals surface area contributed by atoms with Crippen LogP contribution >= 0.6 is 24.0 Å². The predicted molar refractivity (Wildman–Crippen MR) is 123 cm³/mol. The summed E-state index contributed by atoms with van der Waals surface area (Å²) in [6, 6.07) is 11.6. The second-order valence-corrected chi connectivity index (χ2v) is 6.56. The molecule has 0 spiro atoms. The lowest BCUT2D eigenvalue weighted by atomic mass is 10.1. The van der Waals surface area contributed by atoms with Gasteiger partial charge in [-0.25, -0.2) is 13.8 Å². The van der Waals surface area contributed by atoms with Crippen molar-refractivity contribution in [2.75, 3.05) is 37.7 Å².